The predicted octanol–water partition coefficient (Wildman–Crippen LogP) is 6.81. The summed E-state index contributed by atoms with van der Waals surface area (Å²) < 4.78 is 81.5. The number of aromatic nitrogens is 1. The molecule has 3 aliphatic rings. The minimum atomic E-state index is -4.89. The van der Waals surface area contributed by atoms with E-state index in [0.29, 0.717) is 62.6 Å². The van der Waals surface area contributed by atoms with Gasteiger partial charge in [0.25, 0.3) is 6.47 Å². The molecule has 0 radical (unpaired) electrons. The van der Waals surface area contributed by atoms with E-state index in [0.717, 1.165) is 18.1 Å². The molecule has 1 saturated carbocycles. The maximum absolute atomic E-state index is 15.3. The van der Waals surface area contributed by atoms with Gasteiger partial charge < -0.3 is 19.5 Å². The summed E-state index contributed by atoms with van der Waals surface area (Å²) in [4.78, 5) is 15.3. The number of ether oxygens (including phenoxy) is 2. The molecule has 2 aromatic carbocycles. The molecular formula is C32H33F5N2O4. The standard InChI is InChI=1S/C29H27F5N2O2.C3H6O2/c1-28(37)4-6-36(7-5-28)19-2-3-20(26(31)12-19)22-10-18(25(30)13-24(22)29(32,33)34)15-38-27-11-17-8-16-9-21(16)23(17)14-35-27;1-2-5-3-4/h2-3,10-14,16,21,37H,4-9,15H2,1H3;3H,2H2,1H3. The number of carbonyl (C=O) groups excluding carboxylic acids is 1. The number of hydrogen-bond acceptors (Lipinski definition) is 6. The van der Waals surface area contributed by atoms with Crippen LogP contribution >= 0.6 is 0 Å². The first-order chi connectivity index (χ1) is 20.4. The van der Waals surface area contributed by atoms with E-state index in [1.807, 2.05) is 11.0 Å². The van der Waals surface area contributed by atoms with Gasteiger partial charge in [-0.15, -0.1) is 0 Å². The van der Waals surface area contributed by atoms with Gasteiger partial charge in [0.15, 0.2) is 0 Å². The molecule has 1 saturated heterocycles. The van der Waals surface area contributed by atoms with E-state index in [1.54, 1.807) is 26.1 Å². The third-order valence-electron chi connectivity index (χ3n) is 8.35. The van der Waals surface area contributed by atoms with Crippen LogP contribution in [-0.2, 0) is 28.7 Å². The molecule has 0 bridgehead atoms. The van der Waals surface area contributed by atoms with Gasteiger partial charge >= 0.3 is 6.18 Å². The number of rotatable bonds is 7. The number of carbonyl (C=O) groups is 1. The van der Waals surface area contributed by atoms with Crippen LogP contribution < -0.4 is 9.64 Å². The molecule has 2 heterocycles. The van der Waals surface area contributed by atoms with Crippen molar-refractivity contribution in [1.29, 1.82) is 0 Å². The van der Waals surface area contributed by atoms with Crippen molar-refractivity contribution in [1.82, 2.24) is 4.98 Å². The van der Waals surface area contributed by atoms with Crippen molar-refractivity contribution >= 4 is 12.2 Å². The molecule has 1 aliphatic heterocycles. The molecule has 43 heavy (non-hydrogen) atoms. The summed E-state index contributed by atoms with van der Waals surface area (Å²) in [5, 5.41) is 10.2. The molecule has 2 aliphatic carbocycles. The maximum Gasteiger partial charge on any atom is 0.417 e. The fraction of sp³-hybridized carbons (Fsp3) is 0.438. The van der Waals surface area contributed by atoms with Crippen LogP contribution in [-0.4, -0.2) is 41.9 Å². The van der Waals surface area contributed by atoms with Crippen LogP contribution in [0.15, 0.2) is 42.6 Å². The van der Waals surface area contributed by atoms with E-state index < -0.39 is 34.5 Å². The zero-order valence-electron chi connectivity index (χ0n) is 23.9. The first-order valence-corrected chi connectivity index (χ1v) is 14.2. The molecule has 230 valence electrons. The summed E-state index contributed by atoms with van der Waals surface area (Å²) in [5.41, 5.74) is -0.0379. The molecular weight excluding hydrogens is 571 g/mol. The van der Waals surface area contributed by atoms with Gasteiger partial charge in [-0.25, -0.2) is 13.8 Å². The number of anilines is 1. The number of hydrogen-bond donors (Lipinski definition) is 1. The van der Waals surface area contributed by atoms with Gasteiger partial charge in [-0.1, -0.05) is 0 Å². The Bertz CT molecular complexity index is 1480. The second-order valence-electron chi connectivity index (χ2n) is 11.5. The topological polar surface area (TPSA) is 71.9 Å². The Labute approximate surface area is 246 Å². The average molecular weight is 605 g/mol. The Morgan fingerprint density at radius 3 is 2.47 bits per heavy atom. The molecule has 3 aromatic rings. The number of halogens is 5. The normalized spacial score (nSPS) is 20.0. The zero-order chi connectivity index (χ0) is 30.9. The summed E-state index contributed by atoms with van der Waals surface area (Å²) in [6, 6.07) is 7.25. The lowest BCUT2D eigenvalue weighted by Crippen LogP contribution is -2.42. The lowest BCUT2D eigenvalue weighted by Gasteiger charge is -2.37. The fourth-order valence-electron chi connectivity index (χ4n) is 5.78. The third kappa shape index (κ3) is 6.92. The second kappa shape index (κ2) is 12.1. The highest BCUT2D eigenvalue weighted by Crippen LogP contribution is 2.56. The Morgan fingerprint density at radius 2 is 1.84 bits per heavy atom. The van der Waals surface area contributed by atoms with Gasteiger partial charge in [0, 0.05) is 42.2 Å². The Balaban J connectivity index is 0.000000682. The van der Waals surface area contributed by atoms with Crippen molar-refractivity contribution in [3.05, 3.63) is 76.5 Å². The molecule has 2 atom stereocenters. The summed E-state index contributed by atoms with van der Waals surface area (Å²) >= 11 is 0. The highest BCUT2D eigenvalue weighted by molar-refractivity contribution is 5.72. The number of alkyl halides is 3. The Morgan fingerprint density at radius 1 is 1.09 bits per heavy atom. The van der Waals surface area contributed by atoms with E-state index in [-0.39, 0.29) is 23.6 Å². The predicted molar refractivity (Wildman–Crippen MR) is 150 cm³/mol. The minimum Gasteiger partial charge on any atom is -0.473 e. The van der Waals surface area contributed by atoms with Crippen LogP contribution in [0.5, 0.6) is 5.88 Å². The van der Waals surface area contributed by atoms with E-state index in [1.165, 1.54) is 24.1 Å². The fourth-order valence-corrected chi connectivity index (χ4v) is 5.78. The van der Waals surface area contributed by atoms with E-state index in [2.05, 4.69) is 9.72 Å². The van der Waals surface area contributed by atoms with Crippen molar-refractivity contribution < 1.29 is 41.3 Å². The molecule has 1 N–H and O–H groups in total. The van der Waals surface area contributed by atoms with Crippen LogP contribution in [0.2, 0.25) is 0 Å². The van der Waals surface area contributed by atoms with Gasteiger partial charge in [0.2, 0.25) is 5.88 Å². The van der Waals surface area contributed by atoms with Crippen LogP contribution in [0.4, 0.5) is 27.6 Å². The van der Waals surface area contributed by atoms with E-state index in [4.69, 9.17) is 4.74 Å². The van der Waals surface area contributed by atoms with Gasteiger partial charge in [0.05, 0.1) is 17.8 Å². The largest absolute Gasteiger partial charge is 0.473 e. The smallest absolute Gasteiger partial charge is 0.417 e. The van der Waals surface area contributed by atoms with Crippen LogP contribution in [0.25, 0.3) is 11.1 Å². The molecule has 6 nitrogen and oxygen atoms in total. The Hall–Kier alpha value is -3.73. The molecule has 2 unspecified atom stereocenters. The van der Waals surface area contributed by atoms with Crippen molar-refractivity contribution in [2.45, 2.75) is 63.8 Å². The summed E-state index contributed by atoms with van der Waals surface area (Å²) in [6.07, 6.45) is -0.0131. The van der Waals surface area contributed by atoms with Crippen molar-refractivity contribution in [2.24, 2.45) is 5.92 Å². The number of nitrogens with zero attached hydrogens (tertiary/aromatic N) is 2. The lowest BCUT2D eigenvalue weighted by molar-refractivity contribution is -0.137. The number of pyridine rings is 1. The molecule has 0 spiro atoms. The number of fused-ring (bicyclic) bond motifs is 3. The monoisotopic (exact) mass is 604 g/mol. The first-order valence-electron chi connectivity index (χ1n) is 14.2. The number of benzene rings is 2. The van der Waals surface area contributed by atoms with Crippen molar-refractivity contribution in [3.8, 4) is 17.0 Å². The highest BCUT2D eigenvalue weighted by Gasteiger charge is 2.45. The Kier molecular flexibility index (Phi) is 8.65. The minimum absolute atomic E-state index is 0.125. The van der Waals surface area contributed by atoms with E-state index in [9.17, 15) is 27.5 Å². The quantitative estimate of drug-likeness (QED) is 0.236. The molecule has 11 heteroatoms. The second-order valence-corrected chi connectivity index (χ2v) is 11.5. The number of aliphatic hydroxyl groups is 1. The molecule has 0 amide bonds. The highest BCUT2D eigenvalue weighted by atomic mass is 19.4. The van der Waals surface area contributed by atoms with Gasteiger partial charge in [0.1, 0.15) is 18.2 Å². The van der Waals surface area contributed by atoms with Crippen molar-refractivity contribution in [3.63, 3.8) is 0 Å². The third-order valence-corrected chi connectivity index (χ3v) is 8.35. The average Bonchev–Trinajstić information content (AvgIpc) is 3.63. The molecule has 6 rings (SSSR count). The van der Waals surface area contributed by atoms with Crippen LogP contribution in [0.1, 0.15) is 61.3 Å². The zero-order valence-corrected chi connectivity index (χ0v) is 23.9. The number of piperidine rings is 1. The first kappa shape index (κ1) is 30.7. The SMILES string of the molecule is CC1(O)CCN(c2ccc(-c3cc(COc4cc5c(cn4)C4CC4C5)c(F)cc3C(F)(F)F)c(F)c2)CC1.CCOC=O. The summed E-state index contributed by atoms with van der Waals surface area (Å²) in [7, 11) is 0. The summed E-state index contributed by atoms with van der Waals surface area (Å²) in [6.45, 7) is 5.05. The van der Waals surface area contributed by atoms with Gasteiger partial charge in [-0.05, 0) is 98.4 Å². The van der Waals surface area contributed by atoms with Crippen LogP contribution in [0.3, 0.4) is 0 Å². The van der Waals surface area contributed by atoms with Gasteiger partial charge in [-0.3, -0.25) is 4.79 Å². The van der Waals surface area contributed by atoms with Gasteiger partial charge in [-0.2, -0.15) is 13.2 Å². The van der Waals surface area contributed by atoms with E-state index >= 15 is 4.39 Å². The van der Waals surface area contributed by atoms with Crippen molar-refractivity contribution in [2.75, 3.05) is 24.6 Å². The van der Waals surface area contributed by atoms with Crippen LogP contribution in [0, 0.1) is 17.6 Å². The maximum atomic E-state index is 15.3. The summed E-state index contributed by atoms with van der Waals surface area (Å²) in [5.74, 6) is -0.430. The molecule has 2 fully saturated rings. The molecule has 1 aromatic heterocycles. The lowest BCUT2D eigenvalue weighted by atomic mass is 9.93.